The normalized spacial score (nSPS) is 9.69. The van der Waals surface area contributed by atoms with Crippen molar-refractivity contribution in [1.29, 1.82) is 0 Å². The Morgan fingerprint density at radius 3 is 2.62 bits per heavy atom. The Morgan fingerprint density at radius 1 is 1.46 bits per heavy atom. The van der Waals surface area contributed by atoms with E-state index in [9.17, 15) is 9.70 Å². The fourth-order valence-corrected chi connectivity index (χ4v) is 1.14. The summed E-state index contributed by atoms with van der Waals surface area (Å²) in [6.45, 7) is 3.58. The minimum absolute atomic E-state index is 0.0838. The van der Waals surface area contributed by atoms with E-state index in [4.69, 9.17) is 0 Å². The van der Waals surface area contributed by atoms with Crippen molar-refractivity contribution in [3.05, 3.63) is 34.2 Å². The summed E-state index contributed by atoms with van der Waals surface area (Å²) in [6, 6.07) is 4.91. The van der Waals surface area contributed by atoms with Crippen LogP contribution in [0.1, 0.15) is 29.3 Å². The second kappa shape index (κ2) is 3.94. The van der Waals surface area contributed by atoms with Gasteiger partial charge in [-0.05, 0) is 35.9 Å². The monoisotopic (exact) mass is 177 g/mol. The summed E-state index contributed by atoms with van der Waals surface area (Å²) in [5, 5.41) is 2.84. The number of hydrogen-bond donors (Lipinski definition) is 0. The van der Waals surface area contributed by atoms with E-state index in [1.165, 1.54) is 0 Å². The van der Waals surface area contributed by atoms with Crippen LogP contribution in [0.25, 0.3) is 0 Å². The standard InChI is InChI=1S/C10H11NO2/c1-3-10(12)8-4-5-9(11-13)7(2)6-8/h4-6H,3H2,1-2H3. The fourth-order valence-electron chi connectivity index (χ4n) is 1.14. The van der Waals surface area contributed by atoms with Gasteiger partial charge in [-0.25, -0.2) is 0 Å². The maximum absolute atomic E-state index is 11.3. The summed E-state index contributed by atoms with van der Waals surface area (Å²) in [4.78, 5) is 21.5. The van der Waals surface area contributed by atoms with Crippen LogP contribution in [0, 0.1) is 11.8 Å². The number of benzene rings is 1. The fraction of sp³-hybridized carbons (Fsp3) is 0.300. The minimum Gasteiger partial charge on any atom is -0.294 e. The van der Waals surface area contributed by atoms with Gasteiger partial charge in [-0.3, -0.25) is 4.79 Å². The number of ketones is 1. The van der Waals surface area contributed by atoms with Crippen LogP contribution in [-0.4, -0.2) is 5.78 Å². The van der Waals surface area contributed by atoms with Gasteiger partial charge in [0, 0.05) is 12.0 Å². The Labute approximate surface area is 76.7 Å². The van der Waals surface area contributed by atoms with Crippen LogP contribution in [-0.2, 0) is 0 Å². The molecule has 3 heteroatoms. The maximum Gasteiger partial charge on any atom is 0.162 e. The molecule has 0 aliphatic rings. The van der Waals surface area contributed by atoms with E-state index in [2.05, 4.69) is 5.18 Å². The van der Waals surface area contributed by atoms with Gasteiger partial charge in [0.1, 0.15) is 5.69 Å². The summed E-state index contributed by atoms with van der Waals surface area (Å²) >= 11 is 0. The molecule has 0 aliphatic heterocycles. The smallest absolute Gasteiger partial charge is 0.162 e. The van der Waals surface area contributed by atoms with Crippen molar-refractivity contribution in [1.82, 2.24) is 0 Å². The van der Waals surface area contributed by atoms with Crippen molar-refractivity contribution < 1.29 is 4.79 Å². The molecule has 0 unspecified atom stereocenters. The van der Waals surface area contributed by atoms with Gasteiger partial charge in [-0.15, -0.1) is 4.91 Å². The molecule has 0 bridgehead atoms. The summed E-state index contributed by atoms with van der Waals surface area (Å²) < 4.78 is 0. The molecule has 68 valence electrons. The molecule has 0 N–H and O–H groups in total. The predicted molar refractivity (Wildman–Crippen MR) is 51.3 cm³/mol. The first-order chi connectivity index (χ1) is 6.19. The molecule has 0 heterocycles. The minimum atomic E-state index is 0.0838. The third-order valence-corrected chi connectivity index (χ3v) is 1.94. The van der Waals surface area contributed by atoms with Gasteiger partial charge in [0.15, 0.2) is 5.78 Å². The zero-order valence-corrected chi connectivity index (χ0v) is 7.70. The quantitative estimate of drug-likeness (QED) is 0.526. The van der Waals surface area contributed by atoms with E-state index in [1.807, 2.05) is 6.92 Å². The molecule has 1 aromatic carbocycles. The maximum atomic E-state index is 11.3. The molecule has 0 atom stereocenters. The lowest BCUT2D eigenvalue weighted by Crippen LogP contribution is -1.96. The number of hydrogen-bond acceptors (Lipinski definition) is 3. The highest BCUT2D eigenvalue weighted by Gasteiger charge is 2.05. The van der Waals surface area contributed by atoms with Crippen LogP contribution in [0.4, 0.5) is 5.69 Å². The Balaban J connectivity index is 3.09. The van der Waals surface area contributed by atoms with Crippen molar-refractivity contribution in [2.45, 2.75) is 20.3 Å². The zero-order valence-electron chi connectivity index (χ0n) is 7.70. The average molecular weight is 177 g/mol. The molecule has 0 amide bonds. The first-order valence-corrected chi connectivity index (χ1v) is 4.16. The second-order valence-electron chi connectivity index (χ2n) is 2.87. The molecule has 0 aliphatic carbocycles. The number of carbonyl (C=O) groups is 1. The summed E-state index contributed by atoms with van der Waals surface area (Å²) in [5.74, 6) is 0.0838. The van der Waals surface area contributed by atoms with Crippen LogP contribution in [0.5, 0.6) is 0 Å². The Hall–Kier alpha value is -1.51. The number of rotatable bonds is 3. The molecule has 0 radical (unpaired) electrons. The van der Waals surface area contributed by atoms with Gasteiger partial charge in [-0.1, -0.05) is 6.92 Å². The molecule has 3 nitrogen and oxygen atoms in total. The lowest BCUT2D eigenvalue weighted by atomic mass is 10.1. The van der Waals surface area contributed by atoms with Crippen molar-refractivity contribution in [3.63, 3.8) is 0 Å². The lowest BCUT2D eigenvalue weighted by molar-refractivity contribution is 0.0988. The van der Waals surface area contributed by atoms with E-state index in [-0.39, 0.29) is 5.78 Å². The van der Waals surface area contributed by atoms with Gasteiger partial charge in [-0.2, -0.15) is 0 Å². The van der Waals surface area contributed by atoms with Crippen LogP contribution < -0.4 is 0 Å². The first kappa shape index (κ1) is 9.58. The molecular formula is C10H11NO2. The van der Waals surface area contributed by atoms with Crippen LogP contribution in [0.3, 0.4) is 0 Å². The highest BCUT2D eigenvalue weighted by Crippen LogP contribution is 2.19. The van der Waals surface area contributed by atoms with E-state index >= 15 is 0 Å². The highest BCUT2D eigenvalue weighted by atomic mass is 16.3. The van der Waals surface area contributed by atoms with Crippen LogP contribution in [0.15, 0.2) is 23.4 Å². The zero-order chi connectivity index (χ0) is 9.84. The molecule has 0 saturated carbocycles. The van der Waals surface area contributed by atoms with Crippen molar-refractivity contribution in [3.8, 4) is 0 Å². The molecule has 0 aromatic heterocycles. The van der Waals surface area contributed by atoms with Crippen molar-refractivity contribution >= 4 is 11.5 Å². The Morgan fingerprint density at radius 2 is 2.15 bits per heavy atom. The number of carbonyl (C=O) groups excluding carboxylic acids is 1. The Kier molecular flexibility index (Phi) is 2.90. The summed E-state index contributed by atoms with van der Waals surface area (Å²) in [5.41, 5.74) is 1.79. The molecular weight excluding hydrogens is 166 g/mol. The molecule has 1 aromatic rings. The Bertz CT molecular complexity index is 345. The van der Waals surface area contributed by atoms with Gasteiger partial charge >= 0.3 is 0 Å². The third kappa shape index (κ3) is 1.99. The molecule has 0 saturated heterocycles. The van der Waals surface area contributed by atoms with Crippen molar-refractivity contribution in [2.75, 3.05) is 0 Å². The lowest BCUT2D eigenvalue weighted by Gasteiger charge is -2.00. The van der Waals surface area contributed by atoms with Crippen molar-refractivity contribution in [2.24, 2.45) is 5.18 Å². The van der Waals surface area contributed by atoms with Gasteiger partial charge in [0.25, 0.3) is 0 Å². The average Bonchev–Trinajstić information content (AvgIpc) is 2.16. The van der Waals surface area contributed by atoms with E-state index < -0.39 is 0 Å². The van der Waals surface area contributed by atoms with E-state index in [0.717, 1.165) is 5.56 Å². The first-order valence-electron chi connectivity index (χ1n) is 4.16. The van der Waals surface area contributed by atoms with Crippen LogP contribution in [0.2, 0.25) is 0 Å². The van der Waals surface area contributed by atoms with E-state index in [0.29, 0.717) is 17.7 Å². The summed E-state index contributed by atoms with van der Waals surface area (Å²) in [7, 11) is 0. The van der Waals surface area contributed by atoms with Gasteiger partial charge < -0.3 is 0 Å². The van der Waals surface area contributed by atoms with Gasteiger partial charge in [0.2, 0.25) is 0 Å². The number of aryl methyl sites for hydroxylation is 1. The van der Waals surface area contributed by atoms with Gasteiger partial charge in [0.05, 0.1) is 0 Å². The number of Topliss-reactive ketones (excluding diaryl/α,β-unsaturated/α-hetero) is 1. The topological polar surface area (TPSA) is 46.5 Å². The third-order valence-electron chi connectivity index (χ3n) is 1.94. The predicted octanol–water partition coefficient (Wildman–Crippen LogP) is 2.99. The number of nitrogens with zero attached hydrogens (tertiary/aromatic N) is 1. The molecule has 13 heavy (non-hydrogen) atoms. The second-order valence-corrected chi connectivity index (χ2v) is 2.87. The van der Waals surface area contributed by atoms with Crippen LogP contribution >= 0.6 is 0 Å². The molecule has 1 rings (SSSR count). The highest BCUT2D eigenvalue weighted by molar-refractivity contribution is 5.96. The van der Waals surface area contributed by atoms with E-state index in [1.54, 1.807) is 25.1 Å². The molecule has 0 fully saturated rings. The largest absolute Gasteiger partial charge is 0.294 e. The summed E-state index contributed by atoms with van der Waals surface area (Å²) in [6.07, 6.45) is 0.479. The molecule has 0 spiro atoms. The SMILES string of the molecule is CCC(=O)c1ccc(N=O)c(C)c1. The number of nitroso groups, excluding NO2 is 1.